The summed E-state index contributed by atoms with van der Waals surface area (Å²) < 4.78 is 0. The van der Waals surface area contributed by atoms with Crippen molar-refractivity contribution in [2.45, 2.75) is 24.4 Å². The van der Waals surface area contributed by atoms with E-state index in [-0.39, 0.29) is 17.5 Å². The molecule has 2 aliphatic heterocycles. The van der Waals surface area contributed by atoms with Gasteiger partial charge >= 0.3 is 0 Å². The van der Waals surface area contributed by atoms with E-state index in [9.17, 15) is 0 Å². The second-order valence-corrected chi connectivity index (χ2v) is 8.86. The molecule has 1 saturated heterocycles. The summed E-state index contributed by atoms with van der Waals surface area (Å²) in [6, 6.07) is 33.2. The van der Waals surface area contributed by atoms with Crippen LogP contribution in [0, 0.1) is 0 Å². The number of amidine groups is 1. The average molecular weight is 407 g/mol. The van der Waals surface area contributed by atoms with E-state index in [2.05, 4.69) is 114 Å². The third-order valence-corrected chi connectivity index (χ3v) is 7.33. The van der Waals surface area contributed by atoms with E-state index in [1.165, 1.54) is 22.3 Å². The van der Waals surface area contributed by atoms with Gasteiger partial charge in [0.05, 0.1) is 17.8 Å². The van der Waals surface area contributed by atoms with Gasteiger partial charge in [0.1, 0.15) is 11.3 Å². The van der Waals surface area contributed by atoms with Crippen LogP contribution in [0.5, 0.6) is 0 Å². The van der Waals surface area contributed by atoms with Gasteiger partial charge in [-0.25, -0.2) is 4.99 Å². The summed E-state index contributed by atoms with van der Waals surface area (Å²) in [6.07, 6.45) is 0. The van der Waals surface area contributed by atoms with Gasteiger partial charge in [0.25, 0.3) is 0 Å². The van der Waals surface area contributed by atoms with Gasteiger partial charge in [-0.05, 0) is 46.5 Å². The van der Waals surface area contributed by atoms with Crippen molar-refractivity contribution in [3.05, 3.63) is 124 Å². The molecule has 3 heteroatoms. The molecule has 1 fully saturated rings. The molecule has 3 aromatic carbocycles. The second kappa shape index (κ2) is 6.68. The molecule has 0 radical (unpaired) electrons. The van der Waals surface area contributed by atoms with Crippen molar-refractivity contribution in [3.63, 3.8) is 0 Å². The average Bonchev–Trinajstić information content (AvgIpc) is 3.31. The molecule has 6 rings (SSSR count). The van der Waals surface area contributed by atoms with Crippen molar-refractivity contribution in [3.8, 4) is 0 Å². The molecule has 1 aromatic heterocycles. The van der Waals surface area contributed by atoms with Crippen LogP contribution in [0.2, 0.25) is 0 Å². The number of hydrogen-bond acceptors (Lipinski definition) is 3. The topological polar surface area (TPSA) is 15.6 Å². The maximum Gasteiger partial charge on any atom is 0.124 e. The fraction of sp³-hybridized carbons (Fsp3) is 0.148. The van der Waals surface area contributed by atoms with Gasteiger partial charge in [-0.15, -0.1) is 0 Å². The third-order valence-electron chi connectivity index (χ3n) is 6.63. The second-order valence-electron chi connectivity index (χ2n) is 8.08. The quantitative estimate of drug-likeness (QED) is 0.361. The minimum absolute atomic E-state index is 0.204. The molecule has 146 valence electrons. The lowest BCUT2D eigenvalue weighted by Gasteiger charge is -2.63. The number of hydrogen-bond donors (Lipinski definition) is 0. The number of benzene rings is 3. The molecule has 0 amide bonds. The molecule has 3 heterocycles. The highest BCUT2D eigenvalue weighted by Crippen LogP contribution is 2.61. The zero-order valence-corrected chi connectivity index (χ0v) is 17.6. The Kier molecular flexibility index (Phi) is 3.93. The smallest absolute Gasteiger partial charge is 0.124 e. The van der Waals surface area contributed by atoms with Crippen LogP contribution in [0.1, 0.15) is 41.3 Å². The predicted octanol–water partition coefficient (Wildman–Crippen LogP) is 6.90. The van der Waals surface area contributed by atoms with E-state index < -0.39 is 0 Å². The van der Waals surface area contributed by atoms with Crippen LogP contribution >= 0.6 is 11.3 Å². The summed E-state index contributed by atoms with van der Waals surface area (Å²) in [4.78, 5) is 7.81. The zero-order valence-electron chi connectivity index (χ0n) is 16.8. The van der Waals surface area contributed by atoms with Crippen molar-refractivity contribution in [2.75, 3.05) is 0 Å². The minimum Gasteiger partial charge on any atom is -0.343 e. The lowest BCUT2D eigenvalue weighted by Crippen LogP contribution is -2.67. The van der Waals surface area contributed by atoms with Crippen LogP contribution in [0.25, 0.3) is 0 Å². The monoisotopic (exact) mass is 406 g/mol. The predicted molar refractivity (Wildman–Crippen MR) is 125 cm³/mol. The third kappa shape index (κ3) is 2.27. The molecule has 2 nitrogen and oxygen atoms in total. The first kappa shape index (κ1) is 17.7. The summed E-state index contributed by atoms with van der Waals surface area (Å²) in [5, 5.41) is 4.49. The summed E-state index contributed by atoms with van der Waals surface area (Å²) in [5.41, 5.74) is 6.05. The molecule has 2 atom stereocenters. The van der Waals surface area contributed by atoms with Gasteiger partial charge < -0.3 is 4.90 Å². The number of rotatable bonds is 3. The Bertz CT molecular complexity index is 1170. The largest absolute Gasteiger partial charge is 0.343 e. The molecule has 0 spiro atoms. The van der Waals surface area contributed by atoms with Gasteiger partial charge in [0.2, 0.25) is 0 Å². The van der Waals surface area contributed by atoms with Crippen molar-refractivity contribution in [1.82, 2.24) is 4.90 Å². The number of nitrogens with zero attached hydrogens (tertiary/aromatic N) is 2. The Morgan fingerprint density at radius 3 is 2.07 bits per heavy atom. The van der Waals surface area contributed by atoms with Crippen LogP contribution in [0.4, 0.5) is 5.69 Å². The highest BCUT2D eigenvalue weighted by molar-refractivity contribution is 7.08. The number of para-hydroxylation sites is 1. The lowest BCUT2D eigenvalue weighted by atomic mass is 9.58. The van der Waals surface area contributed by atoms with E-state index in [1.807, 2.05) is 0 Å². The maximum absolute atomic E-state index is 5.28. The molecule has 0 saturated carbocycles. The Hall–Kier alpha value is -3.17. The summed E-state index contributed by atoms with van der Waals surface area (Å²) in [5.74, 6) is 1.15. The highest BCUT2D eigenvalue weighted by Gasteiger charge is 2.63. The Balaban J connectivity index is 1.69. The molecular weight excluding hydrogens is 384 g/mol. The number of fused-ring (bicyclic) bond motifs is 2. The Labute approximate surface area is 181 Å². The van der Waals surface area contributed by atoms with E-state index in [1.54, 1.807) is 11.3 Å². The first-order valence-corrected chi connectivity index (χ1v) is 11.4. The first-order chi connectivity index (χ1) is 14.8. The molecule has 0 bridgehead atoms. The summed E-state index contributed by atoms with van der Waals surface area (Å²) in [6.45, 7) is 2.31. The van der Waals surface area contributed by atoms with Crippen molar-refractivity contribution >= 4 is 22.9 Å². The van der Waals surface area contributed by atoms with Crippen LogP contribution in [-0.4, -0.2) is 10.7 Å². The minimum atomic E-state index is -0.300. The summed E-state index contributed by atoms with van der Waals surface area (Å²) in [7, 11) is 0. The summed E-state index contributed by atoms with van der Waals surface area (Å²) >= 11 is 1.77. The molecule has 4 aromatic rings. The molecule has 2 aliphatic rings. The normalized spacial score (nSPS) is 21.2. The highest BCUT2D eigenvalue weighted by atomic mass is 32.1. The van der Waals surface area contributed by atoms with Gasteiger partial charge in [-0.2, -0.15) is 11.3 Å². The number of thiophene rings is 1. The van der Waals surface area contributed by atoms with E-state index >= 15 is 0 Å². The van der Waals surface area contributed by atoms with Crippen molar-refractivity contribution in [2.24, 2.45) is 4.99 Å². The number of aliphatic imine (C=N–C) groups is 1. The van der Waals surface area contributed by atoms with Gasteiger partial charge in [-0.1, -0.05) is 78.9 Å². The fourth-order valence-electron chi connectivity index (χ4n) is 5.33. The molecule has 0 aliphatic carbocycles. The Morgan fingerprint density at radius 2 is 1.43 bits per heavy atom. The zero-order chi connectivity index (χ0) is 20.1. The van der Waals surface area contributed by atoms with E-state index in [0.29, 0.717) is 0 Å². The maximum atomic E-state index is 5.28. The Morgan fingerprint density at radius 1 is 0.800 bits per heavy atom. The molecular formula is C27H22N2S. The SMILES string of the molecule is C[C@H]1c2ccccc2N=C2N1[C@@H](c1ccsc1)C2(c1ccccc1)c1ccccc1. The van der Waals surface area contributed by atoms with E-state index in [0.717, 1.165) is 11.5 Å². The molecule has 0 N–H and O–H groups in total. The molecule has 30 heavy (non-hydrogen) atoms. The van der Waals surface area contributed by atoms with Crippen LogP contribution in [-0.2, 0) is 5.41 Å². The van der Waals surface area contributed by atoms with Crippen LogP contribution in [0.3, 0.4) is 0 Å². The van der Waals surface area contributed by atoms with Crippen LogP contribution in [0.15, 0.2) is 107 Å². The molecule has 0 unspecified atom stereocenters. The standard InChI is InChI=1S/C27H22N2S/c1-19-23-14-8-9-15-24(23)28-26-27(21-10-4-2-5-11-21,22-12-6-3-7-13-22)25(29(19)26)20-16-17-30-18-20/h2-19,25H,1H3/t19-,25-/m0/s1. The van der Waals surface area contributed by atoms with Gasteiger partial charge in [0, 0.05) is 5.56 Å². The fourth-order valence-corrected chi connectivity index (χ4v) is 6.01. The lowest BCUT2D eigenvalue weighted by molar-refractivity contribution is 0.123. The van der Waals surface area contributed by atoms with E-state index in [4.69, 9.17) is 4.99 Å². The van der Waals surface area contributed by atoms with Crippen LogP contribution < -0.4 is 0 Å². The van der Waals surface area contributed by atoms with Gasteiger partial charge in [0.15, 0.2) is 0 Å². The van der Waals surface area contributed by atoms with Crippen molar-refractivity contribution < 1.29 is 0 Å². The van der Waals surface area contributed by atoms with Gasteiger partial charge in [-0.3, -0.25) is 0 Å². The first-order valence-electron chi connectivity index (χ1n) is 10.4. The van der Waals surface area contributed by atoms with Crippen molar-refractivity contribution in [1.29, 1.82) is 0 Å².